The van der Waals surface area contributed by atoms with E-state index in [1.165, 1.54) is 30.6 Å². The lowest BCUT2D eigenvalue weighted by atomic mass is 10.2. The number of hydrogen-bond donors (Lipinski definition) is 1. The molecule has 0 amide bonds. The van der Waals surface area contributed by atoms with Gasteiger partial charge in [0, 0.05) is 42.4 Å². The predicted molar refractivity (Wildman–Crippen MR) is 136 cm³/mol. The third kappa shape index (κ3) is 5.16. The highest BCUT2D eigenvalue weighted by atomic mass is 35.5. The largest absolute Gasteiger partial charge is 0.416 e. The molecule has 5 rings (SSSR count). The second-order valence-electron chi connectivity index (χ2n) is 7.66. The number of nitrogens with one attached hydrogen (secondary N) is 1. The first kappa shape index (κ1) is 24.1. The summed E-state index contributed by atoms with van der Waals surface area (Å²) < 4.78 is 30.9. The molecule has 0 radical (unpaired) electrons. The number of para-hydroxylation sites is 1. The van der Waals surface area contributed by atoms with E-state index in [0.29, 0.717) is 33.6 Å². The van der Waals surface area contributed by atoms with Gasteiger partial charge in [0.05, 0.1) is 15.6 Å². The van der Waals surface area contributed by atoms with Gasteiger partial charge in [0.2, 0.25) is 17.3 Å². The molecule has 184 valence electrons. The number of halogens is 1. The molecule has 0 atom stereocenters. The maximum absolute atomic E-state index is 11.8. The van der Waals surface area contributed by atoms with Crippen molar-refractivity contribution in [1.29, 1.82) is 0 Å². The Hall–Kier alpha value is -4.64. The molecule has 11 nitrogen and oxygen atoms in total. The van der Waals surface area contributed by atoms with Crippen LogP contribution in [0.2, 0.25) is 5.02 Å². The van der Waals surface area contributed by atoms with Crippen molar-refractivity contribution in [3.8, 4) is 28.7 Å². The van der Waals surface area contributed by atoms with Gasteiger partial charge in [-0.15, -0.1) is 26.1 Å². The maximum Gasteiger partial charge on any atom is 0.248 e. The van der Waals surface area contributed by atoms with E-state index in [9.17, 15) is 13.2 Å². The van der Waals surface area contributed by atoms with Crippen molar-refractivity contribution >= 4 is 33.6 Å². The van der Waals surface area contributed by atoms with Crippen molar-refractivity contribution in [2.45, 2.75) is 4.90 Å². The Balaban J connectivity index is 1.53. The molecule has 0 unspecified atom stereocenters. The van der Waals surface area contributed by atoms with Crippen molar-refractivity contribution < 1.29 is 12.8 Å². The van der Waals surface area contributed by atoms with Gasteiger partial charge in [0.15, 0.2) is 21.5 Å². The fourth-order valence-electron chi connectivity index (χ4n) is 3.33. The molecular formula is C24H16ClN7O4S. The van der Waals surface area contributed by atoms with Crippen LogP contribution < -0.4 is 5.56 Å². The summed E-state index contributed by atoms with van der Waals surface area (Å²) in [6.07, 6.45) is 6.85. The summed E-state index contributed by atoms with van der Waals surface area (Å²) in [6, 6.07) is 13.1. The number of rotatable bonds is 6. The van der Waals surface area contributed by atoms with E-state index in [1.807, 2.05) is 6.07 Å². The van der Waals surface area contributed by atoms with Gasteiger partial charge in [-0.3, -0.25) is 14.3 Å². The minimum absolute atomic E-state index is 0.0853. The van der Waals surface area contributed by atoms with Gasteiger partial charge in [-0.25, -0.2) is 8.42 Å². The van der Waals surface area contributed by atoms with Gasteiger partial charge in [0.1, 0.15) is 5.69 Å². The molecule has 1 N–H and O–H groups in total. The van der Waals surface area contributed by atoms with Crippen LogP contribution in [0.4, 0.5) is 0 Å². The molecule has 13 heteroatoms. The SMILES string of the molecule is CS(=O)(=O)c1ccc(-c2nnc(C=C=Cc3nnc(-c4cc[nH]c(=O)c4)o3)n2-c2ccccc2Cl)nc1. The Morgan fingerprint density at radius 3 is 2.62 bits per heavy atom. The molecule has 37 heavy (non-hydrogen) atoms. The van der Waals surface area contributed by atoms with E-state index < -0.39 is 9.84 Å². The van der Waals surface area contributed by atoms with E-state index in [-0.39, 0.29) is 22.2 Å². The van der Waals surface area contributed by atoms with Crippen LogP contribution >= 0.6 is 11.6 Å². The monoisotopic (exact) mass is 533 g/mol. The summed E-state index contributed by atoms with van der Waals surface area (Å²) in [6.45, 7) is 0. The number of pyridine rings is 2. The first-order chi connectivity index (χ1) is 17.8. The van der Waals surface area contributed by atoms with Crippen LogP contribution in [-0.2, 0) is 9.84 Å². The lowest BCUT2D eigenvalue weighted by molar-refractivity contribution is 0.557. The zero-order valence-corrected chi connectivity index (χ0v) is 20.6. The number of aromatic nitrogens is 7. The van der Waals surface area contributed by atoms with Gasteiger partial charge < -0.3 is 9.40 Å². The molecular weight excluding hydrogens is 518 g/mol. The van der Waals surface area contributed by atoms with E-state index in [4.69, 9.17) is 16.0 Å². The zero-order valence-electron chi connectivity index (χ0n) is 19.0. The van der Waals surface area contributed by atoms with Gasteiger partial charge in [-0.1, -0.05) is 23.7 Å². The highest BCUT2D eigenvalue weighted by molar-refractivity contribution is 7.90. The average Bonchev–Trinajstić information content (AvgIpc) is 3.52. The highest BCUT2D eigenvalue weighted by Gasteiger charge is 2.18. The molecule has 5 aromatic rings. The quantitative estimate of drug-likeness (QED) is 0.324. The molecule has 1 aromatic carbocycles. The van der Waals surface area contributed by atoms with Crippen LogP contribution in [0.1, 0.15) is 11.7 Å². The van der Waals surface area contributed by atoms with Crippen molar-refractivity contribution in [3.05, 3.63) is 93.7 Å². The Labute approximate surface area is 214 Å². The smallest absolute Gasteiger partial charge is 0.248 e. The van der Waals surface area contributed by atoms with E-state index in [2.05, 4.69) is 36.1 Å². The third-order valence-corrected chi connectivity index (χ3v) is 6.47. The van der Waals surface area contributed by atoms with Crippen LogP contribution in [0.15, 0.2) is 80.8 Å². The molecule has 0 saturated heterocycles. The normalized spacial score (nSPS) is 11.2. The minimum atomic E-state index is -3.41. The number of sulfone groups is 1. The molecule has 0 saturated carbocycles. The highest BCUT2D eigenvalue weighted by Crippen LogP contribution is 2.27. The summed E-state index contributed by atoms with van der Waals surface area (Å²) >= 11 is 6.46. The molecule has 0 aliphatic heterocycles. The van der Waals surface area contributed by atoms with Crippen LogP contribution in [0.3, 0.4) is 0 Å². The van der Waals surface area contributed by atoms with Crippen LogP contribution in [-0.4, -0.2) is 49.6 Å². The Kier molecular flexibility index (Phi) is 6.36. The zero-order chi connectivity index (χ0) is 26.0. The molecule has 0 spiro atoms. The van der Waals surface area contributed by atoms with Crippen LogP contribution in [0.5, 0.6) is 0 Å². The summed E-state index contributed by atoms with van der Waals surface area (Å²) in [5.74, 6) is 1.05. The van der Waals surface area contributed by atoms with Crippen molar-refractivity contribution in [3.63, 3.8) is 0 Å². The van der Waals surface area contributed by atoms with Gasteiger partial charge >= 0.3 is 0 Å². The van der Waals surface area contributed by atoms with Crippen molar-refractivity contribution in [2.75, 3.05) is 6.26 Å². The van der Waals surface area contributed by atoms with E-state index in [0.717, 1.165) is 6.26 Å². The fraction of sp³-hybridized carbons (Fsp3) is 0.0417. The molecule has 0 bridgehead atoms. The van der Waals surface area contributed by atoms with Crippen molar-refractivity contribution in [1.82, 2.24) is 34.9 Å². The Bertz CT molecular complexity index is 1830. The molecule has 0 fully saturated rings. The van der Waals surface area contributed by atoms with Gasteiger partial charge in [0.25, 0.3) is 0 Å². The maximum atomic E-state index is 11.8. The first-order valence-electron chi connectivity index (χ1n) is 10.6. The second kappa shape index (κ2) is 9.78. The molecule has 0 aliphatic rings. The number of nitrogens with zero attached hydrogens (tertiary/aromatic N) is 6. The molecule has 4 aromatic heterocycles. The Morgan fingerprint density at radius 1 is 1.05 bits per heavy atom. The van der Waals surface area contributed by atoms with Crippen LogP contribution in [0, 0.1) is 0 Å². The van der Waals surface area contributed by atoms with Gasteiger partial charge in [-0.2, -0.15) is 0 Å². The molecule has 0 aliphatic carbocycles. The molecule has 4 heterocycles. The van der Waals surface area contributed by atoms with Gasteiger partial charge in [-0.05, 0) is 30.3 Å². The van der Waals surface area contributed by atoms with E-state index in [1.54, 1.807) is 41.0 Å². The minimum Gasteiger partial charge on any atom is -0.416 e. The lowest BCUT2D eigenvalue weighted by Crippen LogP contribution is -2.03. The first-order valence-corrected chi connectivity index (χ1v) is 12.9. The number of hydrogen-bond acceptors (Lipinski definition) is 9. The number of H-pyrrole nitrogens is 1. The summed E-state index contributed by atoms with van der Waals surface area (Å²) in [7, 11) is -3.41. The van der Waals surface area contributed by atoms with E-state index >= 15 is 0 Å². The van der Waals surface area contributed by atoms with Crippen molar-refractivity contribution in [2.24, 2.45) is 0 Å². The standard InChI is InChI=1S/C24H16ClN7O4S/c1-37(34,35)16-9-10-18(27-14-16)23-30-28-20(32(23)19-6-3-2-5-17(19)25)7-4-8-22-29-31-24(36-22)15-11-12-26-21(33)13-15/h2-3,5-14H,1H3,(H,26,33). The van der Waals surface area contributed by atoms with Crippen LogP contribution in [0.25, 0.3) is 40.8 Å². The second-order valence-corrected chi connectivity index (χ2v) is 10.1. The average molecular weight is 534 g/mol. The summed E-state index contributed by atoms with van der Waals surface area (Å²) in [5, 5.41) is 16.8. The fourth-order valence-corrected chi connectivity index (χ4v) is 4.11. The third-order valence-electron chi connectivity index (χ3n) is 5.06. The number of aromatic amines is 1. The predicted octanol–water partition coefficient (Wildman–Crippen LogP) is 3.45. The summed E-state index contributed by atoms with van der Waals surface area (Å²) in [4.78, 5) is 18.4. The lowest BCUT2D eigenvalue weighted by Gasteiger charge is -2.10. The Morgan fingerprint density at radius 2 is 1.89 bits per heavy atom. The summed E-state index contributed by atoms with van der Waals surface area (Å²) in [5.41, 5.74) is 4.11. The topological polar surface area (TPSA) is 150 Å². The number of benzene rings is 1.